The zero-order valence-corrected chi connectivity index (χ0v) is 4.18. The molecule has 5 heavy (non-hydrogen) atoms. The van der Waals surface area contributed by atoms with Gasteiger partial charge in [0.1, 0.15) is 0 Å². The van der Waals surface area contributed by atoms with Crippen LogP contribution in [0.5, 0.6) is 0 Å². The summed E-state index contributed by atoms with van der Waals surface area (Å²) < 4.78 is 16.8. The van der Waals surface area contributed by atoms with Gasteiger partial charge in [-0.3, -0.25) is 8.92 Å². The van der Waals surface area contributed by atoms with E-state index in [9.17, 15) is 0 Å². The van der Waals surface area contributed by atoms with Crippen LogP contribution in [0.4, 0.5) is 0 Å². The van der Waals surface area contributed by atoms with Gasteiger partial charge in [-0.2, -0.15) is 0 Å². The van der Waals surface area contributed by atoms with E-state index in [2.05, 4.69) is 0 Å². The van der Waals surface area contributed by atoms with Crippen LogP contribution in [-0.2, 0) is 31.5 Å². The first kappa shape index (κ1) is 18.5. The molecule has 0 aliphatic rings. The maximum absolute atomic E-state index is 8.40. The van der Waals surface area contributed by atoms with Gasteiger partial charge >= 0.3 is 26.4 Å². The Morgan fingerprint density at radius 1 is 1.20 bits per heavy atom. The Morgan fingerprint density at radius 2 is 1.20 bits per heavy atom. The molecule has 0 fully saturated rings. The molecule has 0 radical (unpaired) electrons. The van der Waals surface area contributed by atoms with Gasteiger partial charge in [0.05, 0.1) is 0 Å². The van der Waals surface area contributed by atoms with E-state index < -0.39 is 9.29 Å². The van der Waals surface area contributed by atoms with Gasteiger partial charge in [-0.05, 0) is 0 Å². The Balaban J connectivity index is -0.0000000200. The molecule has 0 saturated heterocycles. The SMILES string of the molecule is O=[Si]=O.[Fe+2].[O-2]. The average molecular weight is 132 g/mol. The fourth-order valence-corrected chi connectivity index (χ4v) is 0. The van der Waals surface area contributed by atoms with Crippen molar-refractivity contribution in [1.29, 1.82) is 0 Å². The second kappa shape index (κ2) is 27.8. The molecule has 0 rings (SSSR count). The second-order valence-electron chi connectivity index (χ2n) is 0.0833. The van der Waals surface area contributed by atoms with E-state index in [0.29, 0.717) is 0 Å². The molecule has 0 atom stereocenters. The molecule has 0 unspecified atom stereocenters. The molecular weight excluding hydrogens is 132 g/mol. The fraction of sp³-hybridized carbons (Fsp3) is 0. The Morgan fingerprint density at radius 3 is 1.20 bits per heavy atom. The summed E-state index contributed by atoms with van der Waals surface area (Å²) in [5.41, 5.74) is 0. The first-order valence-corrected chi connectivity index (χ1v) is 1.22. The third kappa shape index (κ3) is 258. The van der Waals surface area contributed by atoms with E-state index in [-0.39, 0.29) is 22.5 Å². The third-order valence-corrected chi connectivity index (χ3v) is 0. The van der Waals surface area contributed by atoms with E-state index in [1.807, 2.05) is 0 Å². The molecule has 0 aliphatic heterocycles. The summed E-state index contributed by atoms with van der Waals surface area (Å²) in [6.07, 6.45) is 0. The average Bonchev–Trinajstić information content (AvgIpc) is 0.918. The maximum atomic E-state index is 8.40. The first-order valence-electron chi connectivity index (χ1n) is 0.408. The van der Waals surface area contributed by atoms with Crippen LogP contribution in [-0.4, -0.2) is 9.29 Å². The Hall–Kier alpha value is 0.296. The molecule has 0 amide bonds. The minimum absolute atomic E-state index is 0. The molecule has 0 bridgehead atoms. The molecule has 0 aromatic carbocycles. The molecule has 0 aromatic rings. The third-order valence-electron chi connectivity index (χ3n) is 0. The zero-order valence-electron chi connectivity index (χ0n) is 2.08. The summed E-state index contributed by atoms with van der Waals surface area (Å²) >= 11 is 0. The largest absolute Gasteiger partial charge is 2.00 e. The van der Waals surface area contributed by atoms with Crippen LogP contribution in [0.3, 0.4) is 0 Å². The smallest absolute Gasteiger partial charge is 2.00 e. The molecular formula is FeO3Si. The summed E-state index contributed by atoms with van der Waals surface area (Å²) in [6, 6.07) is 0. The van der Waals surface area contributed by atoms with Gasteiger partial charge in [0.15, 0.2) is 0 Å². The Bertz CT molecular complexity index is 27.9. The van der Waals surface area contributed by atoms with Gasteiger partial charge in [-0.15, -0.1) is 0 Å². The minimum atomic E-state index is -1.42. The van der Waals surface area contributed by atoms with Crippen LogP contribution in [0.2, 0.25) is 0 Å². The molecule has 0 aliphatic carbocycles. The molecule has 3 nitrogen and oxygen atoms in total. The van der Waals surface area contributed by atoms with Crippen LogP contribution in [0.1, 0.15) is 0 Å². The van der Waals surface area contributed by atoms with Crippen molar-refractivity contribution in [1.82, 2.24) is 0 Å². The van der Waals surface area contributed by atoms with Gasteiger partial charge in [-0.1, -0.05) is 0 Å². The second-order valence-corrected chi connectivity index (χ2v) is 0.250. The monoisotopic (exact) mass is 132 g/mol. The van der Waals surface area contributed by atoms with Gasteiger partial charge < -0.3 is 5.48 Å². The molecule has 0 aromatic heterocycles. The van der Waals surface area contributed by atoms with Gasteiger partial charge in [0.2, 0.25) is 0 Å². The van der Waals surface area contributed by atoms with E-state index in [0.717, 1.165) is 0 Å². The van der Waals surface area contributed by atoms with Crippen molar-refractivity contribution in [3.8, 4) is 0 Å². The van der Waals surface area contributed by atoms with Crippen LogP contribution < -0.4 is 0 Å². The molecule has 0 spiro atoms. The van der Waals surface area contributed by atoms with Crippen molar-refractivity contribution < 1.29 is 31.5 Å². The summed E-state index contributed by atoms with van der Waals surface area (Å²) in [5.74, 6) is 0. The van der Waals surface area contributed by atoms with Crippen molar-refractivity contribution in [2.75, 3.05) is 0 Å². The van der Waals surface area contributed by atoms with E-state index in [1.165, 1.54) is 0 Å². The predicted molar refractivity (Wildman–Crippen MR) is 7.81 cm³/mol. The molecule has 0 saturated carbocycles. The van der Waals surface area contributed by atoms with Crippen molar-refractivity contribution >= 4 is 9.29 Å². The Labute approximate surface area is 41.5 Å². The Kier molecular flexibility index (Phi) is 103. The molecule has 5 heteroatoms. The van der Waals surface area contributed by atoms with Crippen LogP contribution in [0.15, 0.2) is 0 Å². The van der Waals surface area contributed by atoms with Crippen molar-refractivity contribution in [3.63, 3.8) is 0 Å². The summed E-state index contributed by atoms with van der Waals surface area (Å²) in [5, 5.41) is 0. The molecule has 0 heterocycles. The van der Waals surface area contributed by atoms with E-state index in [1.54, 1.807) is 0 Å². The fourth-order valence-electron chi connectivity index (χ4n) is 0. The van der Waals surface area contributed by atoms with Crippen LogP contribution >= 0.6 is 0 Å². The van der Waals surface area contributed by atoms with E-state index in [4.69, 9.17) is 8.92 Å². The quantitative estimate of drug-likeness (QED) is 0.407. The number of hydrogen-bond donors (Lipinski definition) is 0. The summed E-state index contributed by atoms with van der Waals surface area (Å²) in [7, 11) is -1.42. The van der Waals surface area contributed by atoms with Crippen LogP contribution in [0.25, 0.3) is 0 Å². The standard InChI is InChI=1S/Fe.O2Si.O/c;1-3-2;/q+2;;-2. The van der Waals surface area contributed by atoms with Crippen LogP contribution in [0, 0.1) is 0 Å². The topological polar surface area (TPSA) is 62.6 Å². The predicted octanol–water partition coefficient (Wildman–Crippen LogP) is -0.740. The first-order chi connectivity index (χ1) is 1.41. The minimum Gasteiger partial charge on any atom is -2.00 e. The number of rotatable bonds is 0. The van der Waals surface area contributed by atoms with Gasteiger partial charge in [0.25, 0.3) is 0 Å². The normalized spacial score (nSPS) is 1.60. The van der Waals surface area contributed by atoms with Gasteiger partial charge in [-0.25, -0.2) is 0 Å². The van der Waals surface area contributed by atoms with Gasteiger partial charge in [0, 0.05) is 0 Å². The zero-order chi connectivity index (χ0) is 2.71. The maximum Gasteiger partial charge on any atom is 2.00 e. The van der Waals surface area contributed by atoms with Crippen molar-refractivity contribution in [3.05, 3.63) is 0 Å². The van der Waals surface area contributed by atoms with Crippen molar-refractivity contribution in [2.24, 2.45) is 0 Å². The number of hydrogen-bond acceptors (Lipinski definition) is 2. The van der Waals surface area contributed by atoms with E-state index >= 15 is 0 Å². The summed E-state index contributed by atoms with van der Waals surface area (Å²) in [6.45, 7) is 0. The summed E-state index contributed by atoms with van der Waals surface area (Å²) in [4.78, 5) is 0. The molecule has 30 valence electrons. The molecule has 0 N–H and O–H groups in total. The van der Waals surface area contributed by atoms with Crippen molar-refractivity contribution in [2.45, 2.75) is 0 Å².